The maximum atomic E-state index is 12.6. The van der Waals surface area contributed by atoms with Crippen LogP contribution in [0.1, 0.15) is 25.7 Å². The van der Waals surface area contributed by atoms with Crippen LogP contribution in [0.2, 0.25) is 0 Å². The van der Waals surface area contributed by atoms with Crippen molar-refractivity contribution in [1.82, 2.24) is 14.5 Å². The molecule has 2 atom stereocenters. The van der Waals surface area contributed by atoms with Gasteiger partial charge in [-0.1, -0.05) is 6.92 Å². The van der Waals surface area contributed by atoms with Crippen LogP contribution in [0.3, 0.4) is 0 Å². The molecule has 1 aliphatic heterocycles. The Labute approximate surface area is 124 Å². The van der Waals surface area contributed by atoms with Crippen molar-refractivity contribution >= 4 is 24.8 Å². The molecule has 112 valence electrons. The summed E-state index contributed by atoms with van der Waals surface area (Å²) >= 11 is 0. The first-order chi connectivity index (χ1) is 8.08. The molecule has 1 fully saturated rings. The van der Waals surface area contributed by atoms with Crippen molar-refractivity contribution in [2.75, 3.05) is 13.1 Å². The lowest BCUT2D eigenvalue weighted by atomic mass is 9.95. The van der Waals surface area contributed by atoms with Crippen LogP contribution in [-0.2, 0) is 6.54 Å². The quantitative estimate of drug-likeness (QED) is 0.930. The molecule has 2 N–H and O–H groups in total. The van der Waals surface area contributed by atoms with Gasteiger partial charge < -0.3 is 5.73 Å². The third kappa shape index (κ3) is 4.56. The molecule has 1 saturated heterocycles. The van der Waals surface area contributed by atoms with Gasteiger partial charge in [0.25, 0.3) is 0 Å². The van der Waals surface area contributed by atoms with Crippen molar-refractivity contribution in [3.05, 3.63) is 18.2 Å². The summed E-state index contributed by atoms with van der Waals surface area (Å²) in [7, 11) is 0. The Morgan fingerprint density at radius 3 is 2.74 bits per heavy atom. The fourth-order valence-electron chi connectivity index (χ4n) is 2.24. The van der Waals surface area contributed by atoms with Crippen molar-refractivity contribution in [3.8, 4) is 0 Å². The minimum absolute atomic E-state index is 0. The Balaban J connectivity index is 0.00000162. The molecule has 0 spiro atoms. The molecule has 2 rings (SSSR count). The van der Waals surface area contributed by atoms with E-state index in [1.807, 2.05) is 0 Å². The van der Waals surface area contributed by atoms with Crippen LogP contribution >= 0.6 is 24.8 Å². The van der Waals surface area contributed by atoms with E-state index in [0.29, 0.717) is 18.3 Å². The summed E-state index contributed by atoms with van der Waals surface area (Å²) in [5.74, 6) is 0.821. The predicted molar refractivity (Wildman–Crippen MR) is 75.0 cm³/mol. The molecule has 4 nitrogen and oxygen atoms in total. The molecule has 0 aromatic carbocycles. The van der Waals surface area contributed by atoms with Crippen molar-refractivity contribution in [2.24, 2.45) is 11.7 Å². The fraction of sp³-hybridized carbons (Fsp3) is 0.727. The highest BCUT2D eigenvalue weighted by Crippen LogP contribution is 2.19. The first-order valence-corrected chi connectivity index (χ1v) is 5.85. The molecule has 0 saturated carbocycles. The highest BCUT2D eigenvalue weighted by Gasteiger charge is 2.24. The van der Waals surface area contributed by atoms with Gasteiger partial charge >= 0.3 is 6.55 Å². The highest BCUT2D eigenvalue weighted by atomic mass is 35.5. The number of aromatic nitrogens is 2. The van der Waals surface area contributed by atoms with Crippen LogP contribution in [-0.4, -0.2) is 33.6 Å². The maximum Gasteiger partial charge on any atom is 0.319 e. The van der Waals surface area contributed by atoms with Crippen LogP contribution in [0.4, 0.5) is 8.78 Å². The van der Waals surface area contributed by atoms with Crippen LogP contribution < -0.4 is 5.73 Å². The van der Waals surface area contributed by atoms with Crippen molar-refractivity contribution < 1.29 is 8.78 Å². The van der Waals surface area contributed by atoms with Gasteiger partial charge in [-0.3, -0.25) is 9.47 Å². The molecular formula is C11H20Cl2F2N4. The molecule has 19 heavy (non-hydrogen) atoms. The van der Waals surface area contributed by atoms with Gasteiger partial charge in [0.2, 0.25) is 0 Å². The van der Waals surface area contributed by atoms with E-state index in [9.17, 15) is 8.78 Å². The number of hydrogen-bond donors (Lipinski definition) is 1. The summed E-state index contributed by atoms with van der Waals surface area (Å²) in [6.45, 7) is 1.74. The normalized spacial score (nSPS) is 23.8. The summed E-state index contributed by atoms with van der Waals surface area (Å²) in [5, 5.41) is 0. The van der Waals surface area contributed by atoms with Crippen LogP contribution in [0, 0.1) is 5.92 Å². The van der Waals surface area contributed by atoms with E-state index in [4.69, 9.17) is 5.73 Å². The van der Waals surface area contributed by atoms with Gasteiger partial charge in [-0.15, -0.1) is 24.8 Å². The van der Waals surface area contributed by atoms with E-state index in [0.717, 1.165) is 24.1 Å². The maximum absolute atomic E-state index is 12.6. The standard InChI is InChI=1S/C11H18F2N4.2ClH/c1-8-6-16(4-2-9(8)14)7-10-15-3-5-17(10)11(12)13;;/h3,5,8-9,11H,2,4,6-7,14H2,1H3;2*1H. The zero-order valence-corrected chi connectivity index (χ0v) is 12.3. The molecule has 0 radical (unpaired) electrons. The average Bonchev–Trinajstić information content (AvgIpc) is 2.72. The lowest BCUT2D eigenvalue weighted by molar-refractivity contribution is 0.0615. The van der Waals surface area contributed by atoms with E-state index < -0.39 is 6.55 Å². The first-order valence-electron chi connectivity index (χ1n) is 5.85. The Morgan fingerprint density at radius 2 is 2.16 bits per heavy atom. The smallest absolute Gasteiger partial charge is 0.319 e. The number of rotatable bonds is 3. The number of piperidine rings is 1. The molecular weight excluding hydrogens is 297 g/mol. The molecule has 1 aliphatic rings. The zero-order valence-electron chi connectivity index (χ0n) is 10.7. The topological polar surface area (TPSA) is 47.1 Å². The lowest BCUT2D eigenvalue weighted by Crippen LogP contribution is -2.45. The Morgan fingerprint density at radius 1 is 1.47 bits per heavy atom. The van der Waals surface area contributed by atoms with E-state index in [2.05, 4.69) is 16.8 Å². The van der Waals surface area contributed by atoms with Crippen molar-refractivity contribution in [1.29, 1.82) is 0 Å². The van der Waals surface area contributed by atoms with E-state index in [1.54, 1.807) is 0 Å². The van der Waals surface area contributed by atoms with Crippen LogP contribution in [0.5, 0.6) is 0 Å². The van der Waals surface area contributed by atoms with Crippen molar-refractivity contribution in [2.45, 2.75) is 32.5 Å². The Bertz CT molecular complexity index is 375. The number of alkyl halides is 2. The van der Waals surface area contributed by atoms with Gasteiger partial charge in [-0.2, -0.15) is 8.78 Å². The van der Waals surface area contributed by atoms with E-state index in [1.165, 1.54) is 12.4 Å². The largest absolute Gasteiger partial charge is 0.327 e. The lowest BCUT2D eigenvalue weighted by Gasteiger charge is -2.34. The van der Waals surface area contributed by atoms with Gasteiger partial charge in [0.15, 0.2) is 0 Å². The van der Waals surface area contributed by atoms with Gasteiger partial charge in [0.05, 0.1) is 6.54 Å². The van der Waals surface area contributed by atoms with Crippen molar-refractivity contribution in [3.63, 3.8) is 0 Å². The first kappa shape index (κ1) is 18.6. The molecule has 0 aliphatic carbocycles. The number of halogens is 4. The number of likely N-dealkylation sites (tertiary alicyclic amines) is 1. The highest BCUT2D eigenvalue weighted by molar-refractivity contribution is 5.85. The number of imidazole rings is 1. The summed E-state index contributed by atoms with van der Waals surface area (Å²) in [4.78, 5) is 6.12. The SMILES string of the molecule is CC1CN(Cc2nccn2C(F)F)CCC1N.Cl.Cl. The molecule has 2 unspecified atom stereocenters. The second-order valence-electron chi connectivity index (χ2n) is 4.69. The van der Waals surface area contributed by atoms with Gasteiger partial charge in [0.1, 0.15) is 5.82 Å². The second-order valence-corrected chi connectivity index (χ2v) is 4.69. The van der Waals surface area contributed by atoms with E-state index >= 15 is 0 Å². The Kier molecular flexibility index (Phi) is 7.81. The minimum Gasteiger partial charge on any atom is -0.327 e. The van der Waals surface area contributed by atoms with Crippen LogP contribution in [0.25, 0.3) is 0 Å². The molecule has 1 aromatic rings. The van der Waals surface area contributed by atoms with Gasteiger partial charge in [-0.05, 0) is 12.3 Å². The summed E-state index contributed by atoms with van der Waals surface area (Å²) < 4.78 is 26.2. The molecule has 2 heterocycles. The third-order valence-electron chi connectivity index (χ3n) is 3.38. The predicted octanol–water partition coefficient (Wildman–Crippen LogP) is 2.29. The van der Waals surface area contributed by atoms with Gasteiger partial charge in [-0.25, -0.2) is 4.98 Å². The summed E-state index contributed by atoms with van der Waals surface area (Å²) in [5.41, 5.74) is 5.92. The number of nitrogens with two attached hydrogens (primary N) is 1. The summed E-state index contributed by atoms with van der Waals surface area (Å²) in [6.07, 6.45) is 3.65. The zero-order chi connectivity index (χ0) is 12.4. The second kappa shape index (κ2) is 7.99. The van der Waals surface area contributed by atoms with E-state index in [-0.39, 0.29) is 30.9 Å². The number of nitrogens with zero attached hydrogens (tertiary/aromatic N) is 3. The monoisotopic (exact) mass is 316 g/mol. The number of hydrogen-bond acceptors (Lipinski definition) is 3. The molecule has 0 amide bonds. The summed E-state index contributed by atoms with van der Waals surface area (Å²) in [6, 6.07) is 0.223. The molecule has 1 aromatic heterocycles. The fourth-order valence-corrected chi connectivity index (χ4v) is 2.24. The van der Waals surface area contributed by atoms with Gasteiger partial charge in [0, 0.05) is 31.5 Å². The Hall–Kier alpha value is -0.430. The van der Waals surface area contributed by atoms with Crippen LogP contribution in [0.15, 0.2) is 12.4 Å². The molecule has 0 bridgehead atoms. The third-order valence-corrected chi connectivity index (χ3v) is 3.38. The minimum atomic E-state index is -2.52. The average molecular weight is 317 g/mol. The molecule has 8 heteroatoms.